The number of ketones is 1. The fraction of sp³-hybridized carbons (Fsp3) is 0.296. The molecule has 0 aliphatic heterocycles. The molecule has 0 fully saturated rings. The smallest absolute Gasteiger partial charge is 0.197 e. The molecule has 0 radical (unpaired) electrons. The molecule has 0 saturated heterocycles. The van der Waals surface area contributed by atoms with Gasteiger partial charge in [0.05, 0.1) is 48.2 Å². The average Bonchev–Trinajstić information content (AvgIpc) is 3.01. The molecule has 0 heterocycles. The van der Waals surface area contributed by atoms with E-state index in [1.165, 1.54) is 0 Å². The van der Waals surface area contributed by atoms with Crippen LogP contribution in [0.1, 0.15) is 38.5 Å². The number of carbonyl (C=O) groups excluding carboxylic acids is 1. The molecule has 7 heteroatoms. The molecule has 0 aromatic heterocycles. The van der Waals surface area contributed by atoms with E-state index in [1.54, 1.807) is 60.9 Å². The highest BCUT2D eigenvalue weighted by Crippen LogP contribution is 2.46. The second kappa shape index (κ2) is 9.55. The predicted molar refractivity (Wildman–Crippen MR) is 128 cm³/mol. The second-order valence-electron chi connectivity index (χ2n) is 7.85. The summed E-state index contributed by atoms with van der Waals surface area (Å²) in [5.74, 6) is 3.02. The van der Waals surface area contributed by atoms with Crippen LogP contribution in [-0.2, 0) is 6.42 Å². The van der Waals surface area contributed by atoms with Crippen LogP contribution in [0, 0.1) is 0 Å². The lowest BCUT2D eigenvalue weighted by Crippen LogP contribution is -2.10. The van der Waals surface area contributed by atoms with E-state index in [0.717, 1.165) is 16.7 Å². The van der Waals surface area contributed by atoms with E-state index in [4.69, 9.17) is 28.4 Å². The van der Waals surface area contributed by atoms with E-state index in [9.17, 15) is 4.79 Å². The van der Waals surface area contributed by atoms with Gasteiger partial charge in [0.2, 0.25) is 0 Å². The molecule has 0 bridgehead atoms. The zero-order chi connectivity index (χ0) is 24.4. The molecule has 0 spiro atoms. The third-order valence-corrected chi connectivity index (χ3v) is 6.24. The molecule has 4 rings (SSSR count). The summed E-state index contributed by atoms with van der Waals surface area (Å²) in [5.41, 5.74) is 3.54. The number of hydrogen-bond donors (Lipinski definition) is 0. The summed E-state index contributed by atoms with van der Waals surface area (Å²) >= 11 is 0. The quantitative estimate of drug-likeness (QED) is 0.504. The fourth-order valence-corrected chi connectivity index (χ4v) is 4.59. The van der Waals surface area contributed by atoms with Crippen LogP contribution in [0.5, 0.6) is 34.5 Å². The van der Waals surface area contributed by atoms with Crippen molar-refractivity contribution in [3.8, 4) is 34.5 Å². The highest BCUT2D eigenvalue weighted by molar-refractivity contribution is 6.14. The van der Waals surface area contributed by atoms with Crippen molar-refractivity contribution < 1.29 is 33.2 Å². The third-order valence-electron chi connectivity index (χ3n) is 6.24. The van der Waals surface area contributed by atoms with Gasteiger partial charge >= 0.3 is 0 Å². The summed E-state index contributed by atoms with van der Waals surface area (Å²) in [6.45, 7) is 0. The van der Waals surface area contributed by atoms with Crippen LogP contribution in [0.4, 0.5) is 0 Å². The van der Waals surface area contributed by atoms with Gasteiger partial charge < -0.3 is 28.4 Å². The number of benzene rings is 3. The van der Waals surface area contributed by atoms with Crippen molar-refractivity contribution in [2.24, 2.45) is 0 Å². The standard InChI is InChI=1S/C27H28O7/c1-29-17-9-16-10-19(15-7-8-21(31-3)22(11-15)32-4)26-20(12-18(30-2)14-24(26)34-6)27(28)25(16)23(13-17)33-5/h7-9,11-14,19H,10H2,1-6H3. The number of hydrogen-bond acceptors (Lipinski definition) is 7. The maximum atomic E-state index is 14.0. The van der Waals surface area contributed by atoms with Crippen LogP contribution in [0.25, 0.3) is 0 Å². The maximum Gasteiger partial charge on any atom is 0.197 e. The lowest BCUT2D eigenvalue weighted by atomic mass is 9.84. The molecule has 0 saturated carbocycles. The summed E-state index contributed by atoms with van der Waals surface area (Å²) in [7, 11) is 9.49. The van der Waals surface area contributed by atoms with E-state index >= 15 is 0 Å². The fourth-order valence-electron chi connectivity index (χ4n) is 4.59. The first-order chi connectivity index (χ1) is 16.5. The van der Waals surface area contributed by atoms with Crippen molar-refractivity contribution in [3.63, 3.8) is 0 Å². The zero-order valence-electron chi connectivity index (χ0n) is 20.2. The molecule has 1 aliphatic carbocycles. The topological polar surface area (TPSA) is 72.5 Å². The highest BCUT2D eigenvalue weighted by atomic mass is 16.5. The molecule has 0 N–H and O–H groups in total. The van der Waals surface area contributed by atoms with Gasteiger partial charge in [0.25, 0.3) is 0 Å². The molecule has 34 heavy (non-hydrogen) atoms. The first kappa shape index (κ1) is 23.3. The van der Waals surface area contributed by atoms with Crippen molar-refractivity contribution in [2.45, 2.75) is 12.3 Å². The van der Waals surface area contributed by atoms with Crippen LogP contribution in [0.15, 0.2) is 42.5 Å². The van der Waals surface area contributed by atoms with Gasteiger partial charge in [-0.15, -0.1) is 0 Å². The Morgan fingerprint density at radius 1 is 0.647 bits per heavy atom. The summed E-state index contributed by atoms with van der Waals surface area (Å²) in [4.78, 5) is 14.0. The first-order valence-corrected chi connectivity index (χ1v) is 10.8. The second-order valence-corrected chi connectivity index (χ2v) is 7.85. The van der Waals surface area contributed by atoms with Crippen LogP contribution < -0.4 is 28.4 Å². The minimum atomic E-state index is -0.224. The summed E-state index contributed by atoms with van der Waals surface area (Å²) in [6.07, 6.45) is 0.514. The van der Waals surface area contributed by atoms with E-state index < -0.39 is 0 Å². The zero-order valence-corrected chi connectivity index (χ0v) is 20.2. The molecule has 3 aromatic rings. The summed E-state index contributed by atoms with van der Waals surface area (Å²) in [6, 6.07) is 12.9. The van der Waals surface area contributed by atoms with E-state index in [1.807, 2.05) is 24.3 Å². The lowest BCUT2D eigenvalue weighted by molar-refractivity contribution is 0.103. The predicted octanol–water partition coefficient (Wildman–Crippen LogP) is 4.66. The Kier molecular flexibility index (Phi) is 6.54. The van der Waals surface area contributed by atoms with Crippen LogP contribution in [0.3, 0.4) is 0 Å². The number of rotatable bonds is 7. The van der Waals surface area contributed by atoms with Gasteiger partial charge in [-0.1, -0.05) is 6.07 Å². The summed E-state index contributed by atoms with van der Waals surface area (Å²) in [5, 5.41) is 0. The summed E-state index contributed by atoms with van der Waals surface area (Å²) < 4.78 is 33.3. The number of ether oxygens (including phenoxy) is 6. The highest BCUT2D eigenvalue weighted by Gasteiger charge is 2.34. The maximum absolute atomic E-state index is 14.0. The molecule has 1 unspecified atom stereocenters. The third kappa shape index (κ3) is 3.87. The average molecular weight is 465 g/mol. The molecule has 1 atom stereocenters. The minimum Gasteiger partial charge on any atom is -0.497 e. The van der Waals surface area contributed by atoms with Crippen molar-refractivity contribution in [1.82, 2.24) is 0 Å². The Labute approximate surface area is 199 Å². The Morgan fingerprint density at radius 2 is 1.26 bits per heavy atom. The van der Waals surface area contributed by atoms with Crippen LogP contribution >= 0.6 is 0 Å². The van der Waals surface area contributed by atoms with Crippen LogP contribution in [0.2, 0.25) is 0 Å². The molecular weight excluding hydrogens is 436 g/mol. The number of methoxy groups -OCH3 is 6. The SMILES string of the molecule is COc1cc2c(c(OC)c1)C(=O)c1cc(OC)cc(OC)c1C(c1ccc(OC)c(OC)c1)C2. The van der Waals surface area contributed by atoms with Gasteiger partial charge in [-0.3, -0.25) is 4.79 Å². The Bertz CT molecular complexity index is 1230. The molecule has 7 nitrogen and oxygen atoms in total. The van der Waals surface area contributed by atoms with Crippen molar-refractivity contribution in [1.29, 1.82) is 0 Å². The van der Waals surface area contributed by atoms with Gasteiger partial charge in [0, 0.05) is 29.2 Å². The van der Waals surface area contributed by atoms with E-state index in [0.29, 0.717) is 52.0 Å². The van der Waals surface area contributed by atoms with E-state index in [2.05, 4.69) is 0 Å². The molecule has 3 aromatic carbocycles. The van der Waals surface area contributed by atoms with Gasteiger partial charge in [0.1, 0.15) is 23.0 Å². The van der Waals surface area contributed by atoms with Gasteiger partial charge in [0.15, 0.2) is 17.3 Å². The van der Waals surface area contributed by atoms with Crippen molar-refractivity contribution in [3.05, 3.63) is 70.3 Å². The molecule has 0 amide bonds. The first-order valence-electron chi connectivity index (χ1n) is 10.8. The van der Waals surface area contributed by atoms with Gasteiger partial charge in [-0.25, -0.2) is 0 Å². The number of fused-ring (bicyclic) bond motifs is 2. The van der Waals surface area contributed by atoms with E-state index in [-0.39, 0.29) is 11.7 Å². The van der Waals surface area contributed by atoms with Crippen LogP contribution in [-0.4, -0.2) is 48.4 Å². The molecule has 1 aliphatic rings. The van der Waals surface area contributed by atoms with Gasteiger partial charge in [-0.2, -0.15) is 0 Å². The van der Waals surface area contributed by atoms with Gasteiger partial charge in [-0.05, 0) is 41.8 Å². The Balaban J connectivity index is 2.05. The lowest BCUT2D eigenvalue weighted by Gasteiger charge is -2.22. The van der Waals surface area contributed by atoms with Crippen molar-refractivity contribution >= 4 is 5.78 Å². The monoisotopic (exact) mass is 464 g/mol. The van der Waals surface area contributed by atoms with Crippen molar-refractivity contribution in [2.75, 3.05) is 42.7 Å². The number of carbonyl (C=O) groups is 1. The molecular formula is C27H28O7. The Hall–Kier alpha value is -3.87. The molecule has 178 valence electrons. The minimum absolute atomic E-state index is 0.162. The normalized spacial score (nSPS) is 14.4. The largest absolute Gasteiger partial charge is 0.497 e. The Morgan fingerprint density at radius 3 is 1.88 bits per heavy atom.